The van der Waals surface area contributed by atoms with Gasteiger partial charge in [0.2, 0.25) is 5.91 Å². The first-order valence-electron chi connectivity index (χ1n) is 9.55. The minimum Gasteiger partial charge on any atom is -0.465 e. The standard InChI is InChI=1S/C19H26N4O3S2/c1-5-14-21-22-19(23(14)6-2)27-10-15(24)20-17-16(18(25)26-4)12-8-7-11(3)9-13(12)28-17/h11H,5-10H2,1-4H3,(H,20,24). The molecule has 1 N–H and O–H groups in total. The number of methoxy groups -OCH3 is 1. The largest absolute Gasteiger partial charge is 0.465 e. The van der Waals surface area contributed by atoms with Crippen LogP contribution in [-0.2, 0) is 35.3 Å². The van der Waals surface area contributed by atoms with Crippen molar-refractivity contribution in [2.75, 3.05) is 18.2 Å². The Hall–Kier alpha value is -1.87. The number of amides is 1. The molecule has 0 aliphatic heterocycles. The minimum absolute atomic E-state index is 0.162. The van der Waals surface area contributed by atoms with E-state index < -0.39 is 0 Å². The van der Waals surface area contributed by atoms with Gasteiger partial charge in [0.05, 0.1) is 18.4 Å². The lowest BCUT2D eigenvalue weighted by atomic mass is 9.88. The average molecular weight is 423 g/mol. The fourth-order valence-electron chi connectivity index (χ4n) is 3.45. The number of nitrogens with zero attached hydrogens (tertiary/aromatic N) is 3. The van der Waals surface area contributed by atoms with E-state index in [9.17, 15) is 9.59 Å². The van der Waals surface area contributed by atoms with Gasteiger partial charge in [-0.05, 0) is 37.7 Å². The summed E-state index contributed by atoms with van der Waals surface area (Å²) in [6, 6.07) is 0. The average Bonchev–Trinajstić information content (AvgIpc) is 3.25. The second kappa shape index (κ2) is 9.09. The van der Waals surface area contributed by atoms with E-state index in [1.165, 1.54) is 35.1 Å². The molecule has 1 aliphatic carbocycles. The third-order valence-electron chi connectivity index (χ3n) is 4.91. The topological polar surface area (TPSA) is 86.1 Å². The van der Waals surface area contributed by atoms with E-state index in [-0.39, 0.29) is 17.6 Å². The van der Waals surface area contributed by atoms with Crippen LogP contribution >= 0.6 is 23.1 Å². The van der Waals surface area contributed by atoms with Crippen molar-refractivity contribution in [3.63, 3.8) is 0 Å². The number of aromatic nitrogens is 3. The van der Waals surface area contributed by atoms with E-state index in [1.807, 2.05) is 18.4 Å². The van der Waals surface area contributed by atoms with Crippen LogP contribution in [0.25, 0.3) is 0 Å². The number of hydrogen-bond acceptors (Lipinski definition) is 7. The van der Waals surface area contributed by atoms with Crippen LogP contribution < -0.4 is 5.32 Å². The monoisotopic (exact) mass is 422 g/mol. The molecule has 0 saturated heterocycles. The summed E-state index contributed by atoms with van der Waals surface area (Å²) in [5, 5.41) is 12.6. The molecule has 3 rings (SSSR count). The molecule has 0 radical (unpaired) electrons. The number of nitrogens with one attached hydrogen (secondary N) is 1. The first-order valence-corrected chi connectivity index (χ1v) is 11.4. The highest BCUT2D eigenvalue weighted by Gasteiger charge is 2.29. The molecule has 152 valence electrons. The predicted octanol–water partition coefficient (Wildman–Crippen LogP) is 3.56. The van der Waals surface area contributed by atoms with Gasteiger partial charge in [-0.1, -0.05) is 25.6 Å². The molecule has 0 aromatic carbocycles. The summed E-state index contributed by atoms with van der Waals surface area (Å²) in [6.07, 6.45) is 3.63. The summed E-state index contributed by atoms with van der Waals surface area (Å²) in [5.41, 5.74) is 1.56. The van der Waals surface area contributed by atoms with Crippen LogP contribution in [0.5, 0.6) is 0 Å². The van der Waals surface area contributed by atoms with E-state index >= 15 is 0 Å². The zero-order valence-electron chi connectivity index (χ0n) is 16.7. The van der Waals surface area contributed by atoms with Gasteiger partial charge in [-0.2, -0.15) is 0 Å². The van der Waals surface area contributed by atoms with Crippen molar-refractivity contribution in [3.05, 3.63) is 21.8 Å². The van der Waals surface area contributed by atoms with E-state index in [2.05, 4.69) is 22.4 Å². The number of esters is 1. The van der Waals surface area contributed by atoms with Gasteiger partial charge in [0, 0.05) is 17.8 Å². The van der Waals surface area contributed by atoms with Crippen LogP contribution in [0.2, 0.25) is 0 Å². The number of carbonyl (C=O) groups excluding carboxylic acids is 2. The van der Waals surface area contributed by atoms with Crippen LogP contribution in [0.3, 0.4) is 0 Å². The molecule has 1 amide bonds. The maximum Gasteiger partial charge on any atom is 0.341 e. The molecule has 2 aromatic heterocycles. The van der Waals surface area contributed by atoms with Crippen LogP contribution in [0, 0.1) is 5.92 Å². The molecule has 0 bridgehead atoms. The van der Waals surface area contributed by atoms with Crippen LogP contribution in [-0.4, -0.2) is 39.5 Å². The number of thiophene rings is 1. The van der Waals surface area contributed by atoms with Gasteiger partial charge in [0.1, 0.15) is 10.8 Å². The van der Waals surface area contributed by atoms with Crippen molar-refractivity contribution in [1.82, 2.24) is 14.8 Å². The molecule has 1 atom stereocenters. The summed E-state index contributed by atoms with van der Waals surface area (Å²) in [7, 11) is 1.38. The molecule has 9 heteroatoms. The van der Waals surface area contributed by atoms with E-state index in [0.717, 1.165) is 48.8 Å². The maximum absolute atomic E-state index is 12.6. The van der Waals surface area contributed by atoms with Crippen LogP contribution in [0.4, 0.5) is 5.00 Å². The van der Waals surface area contributed by atoms with Crippen molar-refractivity contribution in [2.24, 2.45) is 5.92 Å². The number of rotatable bonds is 7. The van der Waals surface area contributed by atoms with E-state index in [4.69, 9.17) is 4.74 Å². The minimum atomic E-state index is -0.381. The molecule has 0 fully saturated rings. The lowest BCUT2D eigenvalue weighted by Crippen LogP contribution is -2.17. The van der Waals surface area contributed by atoms with Gasteiger partial charge in [-0.15, -0.1) is 21.5 Å². The molecule has 1 unspecified atom stereocenters. The van der Waals surface area contributed by atoms with Crippen molar-refractivity contribution in [1.29, 1.82) is 0 Å². The van der Waals surface area contributed by atoms with Crippen molar-refractivity contribution in [2.45, 2.75) is 58.2 Å². The molecular weight excluding hydrogens is 396 g/mol. The number of anilines is 1. The summed E-state index contributed by atoms with van der Waals surface area (Å²) >= 11 is 2.86. The summed E-state index contributed by atoms with van der Waals surface area (Å²) in [5.74, 6) is 1.17. The van der Waals surface area contributed by atoms with Crippen molar-refractivity contribution < 1.29 is 14.3 Å². The predicted molar refractivity (Wildman–Crippen MR) is 111 cm³/mol. The summed E-state index contributed by atoms with van der Waals surface area (Å²) in [6.45, 7) is 7.05. The first kappa shape index (κ1) is 20.9. The molecule has 2 heterocycles. The molecule has 1 aliphatic rings. The summed E-state index contributed by atoms with van der Waals surface area (Å²) in [4.78, 5) is 26.1. The van der Waals surface area contributed by atoms with Crippen LogP contribution in [0.1, 0.15) is 53.8 Å². The Kier molecular flexibility index (Phi) is 6.77. The van der Waals surface area contributed by atoms with Gasteiger partial charge in [0.25, 0.3) is 0 Å². The molecular formula is C19H26N4O3S2. The smallest absolute Gasteiger partial charge is 0.341 e. The zero-order valence-corrected chi connectivity index (χ0v) is 18.3. The number of carbonyl (C=O) groups is 2. The lowest BCUT2D eigenvalue weighted by Gasteiger charge is -2.18. The van der Waals surface area contributed by atoms with Gasteiger partial charge in [-0.3, -0.25) is 4.79 Å². The Bertz CT molecular complexity index is 875. The highest BCUT2D eigenvalue weighted by molar-refractivity contribution is 7.99. The van der Waals surface area contributed by atoms with Crippen molar-refractivity contribution in [3.8, 4) is 0 Å². The summed E-state index contributed by atoms with van der Waals surface area (Å²) < 4.78 is 6.99. The first-order chi connectivity index (χ1) is 13.5. The number of aryl methyl sites for hydroxylation is 1. The molecule has 28 heavy (non-hydrogen) atoms. The normalized spacial score (nSPS) is 15.9. The fraction of sp³-hybridized carbons (Fsp3) is 0.579. The highest BCUT2D eigenvalue weighted by Crippen LogP contribution is 2.40. The van der Waals surface area contributed by atoms with Crippen LogP contribution in [0.15, 0.2) is 5.16 Å². The van der Waals surface area contributed by atoms with Gasteiger partial charge < -0.3 is 14.6 Å². The Labute approximate surface area is 173 Å². The number of thioether (sulfide) groups is 1. The van der Waals surface area contributed by atoms with Gasteiger partial charge >= 0.3 is 5.97 Å². The Morgan fingerprint density at radius 3 is 2.82 bits per heavy atom. The van der Waals surface area contributed by atoms with E-state index in [0.29, 0.717) is 16.5 Å². The maximum atomic E-state index is 12.6. The van der Waals surface area contributed by atoms with Gasteiger partial charge in [-0.25, -0.2) is 4.79 Å². The number of hydrogen-bond donors (Lipinski definition) is 1. The third kappa shape index (κ3) is 4.25. The lowest BCUT2D eigenvalue weighted by molar-refractivity contribution is -0.113. The number of ether oxygens (including phenoxy) is 1. The zero-order chi connectivity index (χ0) is 20.3. The van der Waals surface area contributed by atoms with Gasteiger partial charge in [0.15, 0.2) is 5.16 Å². The SMILES string of the molecule is CCc1nnc(SCC(=O)Nc2sc3c(c2C(=O)OC)CCC(C)C3)n1CC. The Balaban J connectivity index is 1.73. The Morgan fingerprint density at radius 2 is 2.14 bits per heavy atom. The second-order valence-corrected chi connectivity index (χ2v) is 8.93. The fourth-order valence-corrected chi connectivity index (χ4v) is 5.69. The highest BCUT2D eigenvalue weighted by atomic mass is 32.2. The quantitative estimate of drug-likeness (QED) is 0.542. The number of fused-ring (bicyclic) bond motifs is 1. The molecule has 2 aromatic rings. The molecule has 7 nitrogen and oxygen atoms in total. The molecule has 0 spiro atoms. The van der Waals surface area contributed by atoms with Crippen molar-refractivity contribution >= 4 is 40.0 Å². The van der Waals surface area contributed by atoms with E-state index in [1.54, 1.807) is 0 Å². The Morgan fingerprint density at radius 1 is 1.36 bits per heavy atom. The molecule has 0 saturated carbocycles. The third-order valence-corrected chi connectivity index (χ3v) is 7.05. The second-order valence-electron chi connectivity index (χ2n) is 6.88.